The van der Waals surface area contributed by atoms with Crippen LogP contribution in [0.3, 0.4) is 0 Å². The van der Waals surface area contributed by atoms with E-state index in [1.54, 1.807) is 0 Å². The molecule has 2 nitrogen and oxygen atoms in total. The molecule has 0 saturated carbocycles. The predicted octanol–water partition coefficient (Wildman–Crippen LogP) is 14.3. The summed E-state index contributed by atoms with van der Waals surface area (Å²) in [6.45, 7) is 0. The fourth-order valence-corrected chi connectivity index (χ4v) is 9.49. The van der Waals surface area contributed by atoms with Gasteiger partial charge in [0.25, 0.3) is 0 Å². The number of fused-ring (bicyclic) bond motifs is 9. The van der Waals surface area contributed by atoms with Crippen molar-refractivity contribution < 1.29 is 0 Å². The lowest BCUT2D eigenvalue weighted by molar-refractivity contribution is 1.18. The zero-order valence-electron chi connectivity index (χ0n) is 29.9. The van der Waals surface area contributed by atoms with E-state index < -0.39 is 0 Å². The van der Waals surface area contributed by atoms with Gasteiger partial charge in [-0.3, -0.25) is 4.98 Å². The van der Waals surface area contributed by atoms with Crippen LogP contribution >= 0.6 is 0 Å². The Hall–Kier alpha value is -7.29. The molecule has 0 N–H and O–H groups in total. The van der Waals surface area contributed by atoms with Crippen LogP contribution in [0.25, 0.3) is 116 Å². The molecule has 2 heteroatoms. The Morgan fingerprint density at radius 1 is 0.364 bits per heavy atom. The van der Waals surface area contributed by atoms with Crippen molar-refractivity contribution in [3.8, 4) is 61.3 Å². The Kier molecular flexibility index (Phi) is 6.37. The van der Waals surface area contributed by atoms with Gasteiger partial charge in [0.2, 0.25) is 0 Å². The third-order valence-corrected chi connectivity index (χ3v) is 11.7. The molecule has 11 aromatic rings. The van der Waals surface area contributed by atoms with Gasteiger partial charge in [0.1, 0.15) is 0 Å². The largest absolute Gasteiger partial charge is 0.307 e. The first-order valence-electron chi connectivity index (χ1n) is 19.0. The number of benzene rings is 9. The maximum absolute atomic E-state index is 5.13. The molecule has 0 atom stereocenters. The Morgan fingerprint density at radius 3 is 1.62 bits per heavy atom. The quantitative estimate of drug-likeness (QED) is 0.179. The van der Waals surface area contributed by atoms with Gasteiger partial charge in [-0.15, -0.1) is 0 Å². The average Bonchev–Trinajstić information content (AvgIpc) is 3.77. The highest BCUT2D eigenvalue weighted by atomic mass is 15.0. The maximum atomic E-state index is 5.13. The van der Waals surface area contributed by atoms with Crippen LogP contribution in [-0.4, -0.2) is 9.55 Å². The maximum Gasteiger partial charge on any atom is 0.0970 e. The monoisotopic (exact) mass is 696 g/mol. The molecule has 0 saturated heterocycles. The second-order valence-corrected chi connectivity index (χ2v) is 14.6. The Labute approximate surface area is 318 Å². The van der Waals surface area contributed by atoms with Gasteiger partial charge in [0.05, 0.1) is 16.6 Å². The van der Waals surface area contributed by atoms with E-state index in [-0.39, 0.29) is 0 Å². The predicted molar refractivity (Wildman–Crippen MR) is 232 cm³/mol. The van der Waals surface area contributed by atoms with Gasteiger partial charge in [-0.1, -0.05) is 164 Å². The van der Waals surface area contributed by atoms with E-state index >= 15 is 0 Å². The van der Waals surface area contributed by atoms with Gasteiger partial charge >= 0.3 is 0 Å². The minimum Gasteiger partial charge on any atom is -0.307 e. The van der Waals surface area contributed by atoms with E-state index in [4.69, 9.17) is 4.98 Å². The van der Waals surface area contributed by atoms with E-state index in [2.05, 4.69) is 193 Å². The molecular formula is C53H32N2. The molecule has 0 radical (unpaired) electrons. The van der Waals surface area contributed by atoms with Gasteiger partial charge < -0.3 is 4.57 Å². The van der Waals surface area contributed by atoms with Crippen LogP contribution in [0.4, 0.5) is 0 Å². The van der Waals surface area contributed by atoms with Crippen molar-refractivity contribution in [1.29, 1.82) is 0 Å². The Balaban J connectivity index is 1.16. The van der Waals surface area contributed by atoms with Crippen molar-refractivity contribution in [3.63, 3.8) is 0 Å². The first kappa shape index (κ1) is 30.2. The highest BCUT2D eigenvalue weighted by Gasteiger charge is 2.31. The molecule has 1 aliphatic carbocycles. The van der Waals surface area contributed by atoms with Crippen molar-refractivity contribution >= 4 is 54.3 Å². The summed E-state index contributed by atoms with van der Waals surface area (Å²) in [5.74, 6) is 0. The van der Waals surface area contributed by atoms with Crippen LogP contribution in [0.5, 0.6) is 0 Å². The molecule has 0 fully saturated rings. The van der Waals surface area contributed by atoms with Gasteiger partial charge in [-0.05, 0) is 101 Å². The van der Waals surface area contributed by atoms with E-state index in [1.165, 1.54) is 82.6 Å². The van der Waals surface area contributed by atoms with Crippen molar-refractivity contribution in [2.75, 3.05) is 0 Å². The second-order valence-electron chi connectivity index (χ2n) is 14.6. The van der Waals surface area contributed by atoms with Crippen LogP contribution < -0.4 is 0 Å². The lowest BCUT2D eigenvalue weighted by Gasteiger charge is -2.20. The smallest absolute Gasteiger partial charge is 0.0970 e. The molecular weight excluding hydrogens is 665 g/mol. The molecule has 2 heterocycles. The summed E-state index contributed by atoms with van der Waals surface area (Å²) in [5.41, 5.74) is 17.1. The van der Waals surface area contributed by atoms with E-state index in [0.29, 0.717) is 0 Å². The van der Waals surface area contributed by atoms with Crippen LogP contribution in [0.2, 0.25) is 0 Å². The van der Waals surface area contributed by atoms with Crippen LogP contribution in [0.1, 0.15) is 0 Å². The highest BCUT2D eigenvalue weighted by molar-refractivity contribution is 6.29. The minimum atomic E-state index is 1.02. The number of para-hydroxylation sites is 1. The van der Waals surface area contributed by atoms with Gasteiger partial charge in [-0.25, -0.2) is 0 Å². The summed E-state index contributed by atoms with van der Waals surface area (Å²) in [6.07, 6.45) is 2.02. The molecule has 0 aliphatic heterocycles. The van der Waals surface area contributed by atoms with E-state index in [1.807, 2.05) is 6.20 Å². The fourth-order valence-electron chi connectivity index (χ4n) is 9.49. The summed E-state index contributed by atoms with van der Waals surface area (Å²) >= 11 is 0. The zero-order valence-corrected chi connectivity index (χ0v) is 29.9. The molecule has 2 aromatic heterocycles. The van der Waals surface area contributed by atoms with E-state index in [0.717, 1.165) is 33.0 Å². The SMILES string of the molecule is c1ccc(-c2c3c(c(-c4ccccc4)c4ccccc24)-c2ccc(-c4ccc5c(c4)c4ncc6ccccc6c4n5-c4ccccc4)c4cccc-3c24)cc1. The molecule has 1 aliphatic rings. The summed E-state index contributed by atoms with van der Waals surface area (Å²) in [5, 5.41) is 8.62. The molecule has 12 rings (SSSR count). The molecule has 0 spiro atoms. The third kappa shape index (κ3) is 4.28. The summed E-state index contributed by atoms with van der Waals surface area (Å²) in [4.78, 5) is 5.13. The van der Waals surface area contributed by atoms with Crippen LogP contribution in [-0.2, 0) is 0 Å². The number of pyridine rings is 1. The van der Waals surface area contributed by atoms with Gasteiger partial charge in [-0.2, -0.15) is 0 Å². The number of hydrogen-bond donors (Lipinski definition) is 0. The topological polar surface area (TPSA) is 17.8 Å². The van der Waals surface area contributed by atoms with Crippen molar-refractivity contribution in [2.24, 2.45) is 0 Å². The number of rotatable bonds is 4. The molecule has 55 heavy (non-hydrogen) atoms. The molecule has 0 amide bonds. The Morgan fingerprint density at radius 2 is 0.927 bits per heavy atom. The number of nitrogens with zero attached hydrogens (tertiary/aromatic N) is 2. The van der Waals surface area contributed by atoms with Crippen LogP contribution in [0, 0.1) is 0 Å². The zero-order chi connectivity index (χ0) is 36.0. The molecule has 0 bridgehead atoms. The third-order valence-electron chi connectivity index (χ3n) is 11.7. The number of aromatic nitrogens is 2. The summed E-state index contributed by atoms with van der Waals surface area (Å²) < 4.78 is 2.38. The Bertz CT molecular complexity index is 3250. The van der Waals surface area contributed by atoms with Gasteiger partial charge in [0.15, 0.2) is 0 Å². The first-order chi connectivity index (χ1) is 27.3. The summed E-state index contributed by atoms with van der Waals surface area (Å²) in [6, 6.07) is 68.7. The normalized spacial score (nSPS) is 12.0. The van der Waals surface area contributed by atoms with Crippen molar-refractivity contribution in [3.05, 3.63) is 194 Å². The molecule has 254 valence electrons. The van der Waals surface area contributed by atoms with Crippen molar-refractivity contribution in [2.45, 2.75) is 0 Å². The molecule has 0 unspecified atom stereocenters. The lowest BCUT2D eigenvalue weighted by atomic mass is 9.82. The minimum absolute atomic E-state index is 1.02. The van der Waals surface area contributed by atoms with E-state index in [9.17, 15) is 0 Å². The second kappa shape index (κ2) is 11.6. The summed E-state index contributed by atoms with van der Waals surface area (Å²) in [7, 11) is 0. The fraction of sp³-hybridized carbons (Fsp3) is 0. The lowest BCUT2D eigenvalue weighted by Crippen LogP contribution is -1.94. The average molecular weight is 697 g/mol. The van der Waals surface area contributed by atoms with Crippen LogP contribution in [0.15, 0.2) is 194 Å². The standard InChI is InChI=1S/C53H32N2/c1-4-15-33(16-5-1)47-41-23-12-13-24-42(41)48(34-17-6-2-7-18-34)51-44-29-28-38(40-25-14-26-43(49(40)44)50(47)51)35-27-30-46-45(31-35)52-53(55(46)37-20-8-3-9-21-37)39-22-11-10-19-36(39)32-54-52/h1-32H. The van der Waals surface area contributed by atoms with Gasteiger partial charge in [0, 0.05) is 28.0 Å². The first-order valence-corrected chi connectivity index (χ1v) is 19.0. The highest BCUT2D eigenvalue weighted by Crippen LogP contribution is 2.58. The molecule has 9 aromatic carbocycles. The number of hydrogen-bond acceptors (Lipinski definition) is 1. The van der Waals surface area contributed by atoms with Crippen molar-refractivity contribution in [1.82, 2.24) is 9.55 Å².